The van der Waals surface area contributed by atoms with Crippen molar-refractivity contribution < 1.29 is 0 Å². The summed E-state index contributed by atoms with van der Waals surface area (Å²) in [4.78, 5) is 4.53. The standard InChI is InChI=1S/C20H27N/c1-4-16(5-2)19(17-11-9-10-12-17)15-20(21-3)18-13-7-6-8-14-18/h4,6-8,13-15,17H,5,9-12H2,1-3H3/b16-4-,19-15+,21-20-. The molecule has 1 aliphatic rings. The van der Waals surface area contributed by atoms with Crippen LogP contribution in [0.25, 0.3) is 0 Å². The number of nitrogens with zero attached hydrogens (tertiary/aromatic N) is 1. The minimum atomic E-state index is 0.719. The Labute approximate surface area is 129 Å². The number of hydrogen-bond donors (Lipinski definition) is 0. The number of aliphatic imine (C=N–C) groups is 1. The van der Waals surface area contributed by atoms with E-state index in [1.54, 1.807) is 0 Å². The predicted molar refractivity (Wildman–Crippen MR) is 93.0 cm³/mol. The van der Waals surface area contributed by atoms with Crippen LogP contribution in [0.2, 0.25) is 0 Å². The molecule has 0 bridgehead atoms. The van der Waals surface area contributed by atoms with Gasteiger partial charge in [-0.05, 0) is 54.9 Å². The van der Waals surface area contributed by atoms with E-state index in [1.807, 2.05) is 7.05 Å². The molecule has 1 heteroatoms. The zero-order valence-electron chi connectivity index (χ0n) is 13.6. The van der Waals surface area contributed by atoms with E-state index in [1.165, 1.54) is 42.4 Å². The summed E-state index contributed by atoms with van der Waals surface area (Å²) in [5.74, 6) is 0.719. The van der Waals surface area contributed by atoms with E-state index in [9.17, 15) is 0 Å². The smallest absolute Gasteiger partial charge is 0.0646 e. The highest BCUT2D eigenvalue weighted by Gasteiger charge is 2.21. The fourth-order valence-corrected chi connectivity index (χ4v) is 3.32. The summed E-state index contributed by atoms with van der Waals surface area (Å²) in [6, 6.07) is 10.5. The van der Waals surface area contributed by atoms with Gasteiger partial charge in [0.1, 0.15) is 0 Å². The van der Waals surface area contributed by atoms with Gasteiger partial charge in [0, 0.05) is 7.05 Å². The molecule has 0 radical (unpaired) electrons. The topological polar surface area (TPSA) is 12.4 Å². The Morgan fingerprint density at radius 2 is 1.86 bits per heavy atom. The van der Waals surface area contributed by atoms with Crippen molar-refractivity contribution in [1.82, 2.24) is 0 Å². The Balaban J connectivity index is 2.38. The Morgan fingerprint density at radius 3 is 2.38 bits per heavy atom. The van der Waals surface area contributed by atoms with Gasteiger partial charge in [-0.2, -0.15) is 0 Å². The summed E-state index contributed by atoms with van der Waals surface area (Å²) < 4.78 is 0. The molecule has 1 saturated carbocycles. The van der Waals surface area contributed by atoms with Crippen molar-refractivity contribution in [2.45, 2.75) is 46.0 Å². The average Bonchev–Trinajstić information content (AvgIpc) is 3.06. The number of allylic oxidation sites excluding steroid dienone is 4. The monoisotopic (exact) mass is 281 g/mol. The van der Waals surface area contributed by atoms with Crippen molar-refractivity contribution in [3.05, 3.63) is 59.2 Å². The van der Waals surface area contributed by atoms with E-state index >= 15 is 0 Å². The first-order valence-electron chi connectivity index (χ1n) is 8.19. The second-order valence-corrected chi connectivity index (χ2v) is 5.72. The molecule has 1 aromatic rings. The van der Waals surface area contributed by atoms with Gasteiger partial charge in [-0.15, -0.1) is 0 Å². The maximum absolute atomic E-state index is 4.53. The van der Waals surface area contributed by atoms with Crippen LogP contribution >= 0.6 is 0 Å². The van der Waals surface area contributed by atoms with Crippen molar-refractivity contribution in [3.63, 3.8) is 0 Å². The summed E-state index contributed by atoms with van der Waals surface area (Å²) in [6.45, 7) is 4.41. The van der Waals surface area contributed by atoms with Crippen molar-refractivity contribution >= 4 is 5.71 Å². The van der Waals surface area contributed by atoms with Gasteiger partial charge in [0.15, 0.2) is 0 Å². The highest BCUT2D eigenvalue weighted by atomic mass is 14.7. The fraction of sp³-hybridized carbons (Fsp3) is 0.450. The summed E-state index contributed by atoms with van der Waals surface area (Å²) in [5, 5.41) is 0. The molecule has 0 heterocycles. The van der Waals surface area contributed by atoms with E-state index in [4.69, 9.17) is 0 Å². The summed E-state index contributed by atoms with van der Waals surface area (Å²) in [6.07, 6.45) is 11.1. The molecular formula is C20H27N. The van der Waals surface area contributed by atoms with Gasteiger partial charge < -0.3 is 0 Å². The number of benzene rings is 1. The molecule has 21 heavy (non-hydrogen) atoms. The first-order valence-corrected chi connectivity index (χ1v) is 8.19. The maximum Gasteiger partial charge on any atom is 0.0646 e. The van der Waals surface area contributed by atoms with Crippen LogP contribution < -0.4 is 0 Å². The van der Waals surface area contributed by atoms with Gasteiger partial charge in [0.05, 0.1) is 5.71 Å². The van der Waals surface area contributed by atoms with E-state index in [2.05, 4.69) is 61.3 Å². The van der Waals surface area contributed by atoms with Crippen LogP contribution in [0.4, 0.5) is 0 Å². The number of rotatable bonds is 5. The third-order valence-electron chi connectivity index (χ3n) is 4.50. The lowest BCUT2D eigenvalue weighted by molar-refractivity contribution is 0.644. The minimum absolute atomic E-state index is 0.719. The lowest BCUT2D eigenvalue weighted by Gasteiger charge is -2.18. The first-order chi connectivity index (χ1) is 10.3. The van der Waals surface area contributed by atoms with E-state index < -0.39 is 0 Å². The highest BCUT2D eigenvalue weighted by Crippen LogP contribution is 2.36. The fourth-order valence-electron chi connectivity index (χ4n) is 3.32. The van der Waals surface area contributed by atoms with E-state index in [-0.39, 0.29) is 0 Å². The summed E-state index contributed by atoms with van der Waals surface area (Å²) in [5.41, 5.74) is 5.31. The summed E-state index contributed by atoms with van der Waals surface area (Å²) in [7, 11) is 1.90. The Bertz CT molecular complexity index is 528. The molecule has 0 unspecified atom stereocenters. The summed E-state index contributed by atoms with van der Waals surface area (Å²) >= 11 is 0. The van der Waals surface area contributed by atoms with Crippen molar-refractivity contribution in [1.29, 1.82) is 0 Å². The molecule has 1 aliphatic carbocycles. The van der Waals surface area contributed by atoms with E-state index in [0.717, 1.165) is 18.1 Å². The second kappa shape index (κ2) is 7.97. The zero-order valence-corrected chi connectivity index (χ0v) is 13.6. The Kier molecular flexibility index (Phi) is 5.98. The largest absolute Gasteiger partial charge is 0.288 e. The van der Waals surface area contributed by atoms with Crippen LogP contribution in [-0.2, 0) is 0 Å². The molecular weight excluding hydrogens is 254 g/mol. The Morgan fingerprint density at radius 1 is 1.19 bits per heavy atom. The molecule has 1 fully saturated rings. The molecule has 1 nitrogen and oxygen atoms in total. The maximum atomic E-state index is 4.53. The SMILES string of the molecule is C\C=C(CC)/C(=C\C(=N\C)c1ccccc1)C1CCCC1. The van der Waals surface area contributed by atoms with Gasteiger partial charge in [0.2, 0.25) is 0 Å². The Hall–Kier alpha value is -1.63. The molecule has 0 aromatic heterocycles. The van der Waals surface area contributed by atoms with Crippen LogP contribution in [0.5, 0.6) is 0 Å². The van der Waals surface area contributed by atoms with Crippen LogP contribution in [-0.4, -0.2) is 12.8 Å². The third-order valence-corrected chi connectivity index (χ3v) is 4.50. The van der Waals surface area contributed by atoms with Crippen LogP contribution in [0.3, 0.4) is 0 Å². The minimum Gasteiger partial charge on any atom is -0.288 e. The highest BCUT2D eigenvalue weighted by molar-refractivity contribution is 6.09. The molecule has 0 atom stereocenters. The lowest BCUT2D eigenvalue weighted by Crippen LogP contribution is -2.06. The molecule has 0 saturated heterocycles. The van der Waals surface area contributed by atoms with Gasteiger partial charge >= 0.3 is 0 Å². The quantitative estimate of drug-likeness (QED) is 0.493. The number of hydrogen-bond acceptors (Lipinski definition) is 1. The van der Waals surface area contributed by atoms with Crippen molar-refractivity contribution in [3.8, 4) is 0 Å². The van der Waals surface area contributed by atoms with Crippen molar-refractivity contribution in [2.75, 3.05) is 7.05 Å². The molecule has 0 N–H and O–H groups in total. The predicted octanol–water partition coefficient (Wildman–Crippen LogP) is 5.58. The van der Waals surface area contributed by atoms with Gasteiger partial charge in [-0.25, -0.2) is 0 Å². The molecule has 0 spiro atoms. The normalized spacial score (nSPS) is 18.3. The van der Waals surface area contributed by atoms with Gasteiger partial charge in [-0.3, -0.25) is 4.99 Å². The van der Waals surface area contributed by atoms with Crippen LogP contribution in [0.1, 0.15) is 51.5 Å². The van der Waals surface area contributed by atoms with Crippen LogP contribution in [0.15, 0.2) is 58.6 Å². The lowest BCUT2D eigenvalue weighted by atomic mass is 9.87. The van der Waals surface area contributed by atoms with Crippen molar-refractivity contribution in [2.24, 2.45) is 10.9 Å². The van der Waals surface area contributed by atoms with E-state index in [0.29, 0.717) is 0 Å². The average molecular weight is 281 g/mol. The third kappa shape index (κ3) is 3.93. The molecule has 0 amide bonds. The molecule has 1 aromatic carbocycles. The molecule has 112 valence electrons. The first kappa shape index (κ1) is 15.8. The van der Waals surface area contributed by atoms with Gasteiger partial charge in [0.25, 0.3) is 0 Å². The van der Waals surface area contributed by atoms with Crippen LogP contribution in [0, 0.1) is 5.92 Å². The molecule has 0 aliphatic heterocycles. The van der Waals surface area contributed by atoms with Gasteiger partial charge in [-0.1, -0.05) is 56.2 Å². The molecule has 2 rings (SSSR count). The zero-order chi connectivity index (χ0) is 15.1. The second-order valence-electron chi connectivity index (χ2n) is 5.72.